The fraction of sp³-hybridized carbons (Fsp3) is 0.645. The summed E-state index contributed by atoms with van der Waals surface area (Å²) < 4.78 is 48.4. The van der Waals surface area contributed by atoms with E-state index in [1.165, 1.54) is 31.4 Å². The van der Waals surface area contributed by atoms with Crippen LogP contribution in [0.3, 0.4) is 0 Å². The highest BCUT2D eigenvalue weighted by atomic mass is 19.4. The molecular weight excluding hydrogens is 547 g/mol. The predicted molar refractivity (Wildman–Crippen MR) is 150 cm³/mol. The van der Waals surface area contributed by atoms with Gasteiger partial charge >= 0.3 is 12.3 Å². The van der Waals surface area contributed by atoms with Gasteiger partial charge in [0, 0.05) is 44.6 Å². The van der Waals surface area contributed by atoms with Crippen molar-refractivity contribution in [2.75, 3.05) is 52.4 Å². The normalized spacial score (nSPS) is 22.5. The molecule has 3 aliphatic heterocycles. The fourth-order valence-electron chi connectivity index (χ4n) is 6.90. The van der Waals surface area contributed by atoms with E-state index in [1.807, 2.05) is 4.68 Å². The number of nitrogens with zero attached hydrogens (tertiary/aromatic N) is 5. The number of hydrogen-bond donors (Lipinski definition) is 0. The molecule has 0 spiro atoms. The number of rotatable bonds is 7. The Balaban J connectivity index is 1.06. The number of amides is 2. The minimum absolute atomic E-state index is 0.0875. The SMILES string of the molecule is O=C(OCCN1CCCCC1)N1CCC(n2ncc(C(=O)N3CC[C@@H](c4ccccc4C(F)(F)F)C3)c2C2CC2)CC1. The zero-order valence-corrected chi connectivity index (χ0v) is 24.0. The Kier molecular flexibility index (Phi) is 8.47. The Morgan fingerprint density at radius 2 is 1.60 bits per heavy atom. The number of ether oxygens (including phenoxy) is 1. The quantitative estimate of drug-likeness (QED) is 0.418. The molecule has 4 aliphatic rings. The van der Waals surface area contributed by atoms with Crippen molar-refractivity contribution in [1.29, 1.82) is 0 Å². The Hall–Kier alpha value is -3.08. The average Bonchev–Trinajstić information content (AvgIpc) is 3.54. The number of likely N-dealkylation sites (tertiary alicyclic amines) is 3. The second-order valence-corrected chi connectivity index (χ2v) is 12.2. The molecule has 4 fully saturated rings. The lowest BCUT2D eigenvalue weighted by Gasteiger charge is -2.32. The molecule has 1 atom stereocenters. The lowest BCUT2D eigenvalue weighted by Crippen LogP contribution is -2.41. The molecule has 11 heteroatoms. The summed E-state index contributed by atoms with van der Waals surface area (Å²) in [5.41, 5.74) is 1.16. The first kappa shape index (κ1) is 29.0. The summed E-state index contributed by atoms with van der Waals surface area (Å²) in [7, 11) is 0. The van der Waals surface area contributed by atoms with Crippen molar-refractivity contribution in [1.82, 2.24) is 24.5 Å². The maximum atomic E-state index is 13.7. The van der Waals surface area contributed by atoms with Crippen LogP contribution in [0.5, 0.6) is 0 Å². The standard InChI is InChI=1S/C31H40F3N5O3/c32-31(33,34)27-7-3-2-6-25(27)23-10-15-38(21-23)29(40)26-20-35-39(28(26)22-8-9-22)24-11-16-37(17-12-24)30(41)42-19-18-36-13-4-1-5-14-36/h2-3,6-7,20,22-24H,1,4-5,8-19,21H2/t23-/m1/s1. The van der Waals surface area contributed by atoms with E-state index < -0.39 is 11.7 Å². The van der Waals surface area contributed by atoms with E-state index in [0.717, 1.165) is 57.1 Å². The summed E-state index contributed by atoms with van der Waals surface area (Å²) in [4.78, 5) is 32.2. The Morgan fingerprint density at radius 3 is 2.31 bits per heavy atom. The summed E-state index contributed by atoms with van der Waals surface area (Å²) in [5, 5.41) is 4.67. The van der Waals surface area contributed by atoms with E-state index in [1.54, 1.807) is 22.1 Å². The van der Waals surface area contributed by atoms with Crippen LogP contribution in [0.25, 0.3) is 0 Å². The van der Waals surface area contributed by atoms with Crippen LogP contribution in [-0.2, 0) is 10.9 Å². The zero-order valence-electron chi connectivity index (χ0n) is 24.0. The van der Waals surface area contributed by atoms with Crippen molar-refractivity contribution in [2.24, 2.45) is 0 Å². The third kappa shape index (κ3) is 6.31. The van der Waals surface area contributed by atoms with Gasteiger partial charge in [-0.3, -0.25) is 14.4 Å². The van der Waals surface area contributed by atoms with Gasteiger partial charge in [-0.2, -0.15) is 18.3 Å². The summed E-state index contributed by atoms with van der Waals surface area (Å²) in [6.45, 7) is 5.18. The molecule has 1 aromatic heterocycles. The smallest absolute Gasteiger partial charge is 0.416 e. The molecule has 2 aromatic rings. The largest absolute Gasteiger partial charge is 0.448 e. The van der Waals surface area contributed by atoms with Gasteiger partial charge in [0.25, 0.3) is 5.91 Å². The molecule has 0 bridgehead atoms. The number of aromatic nitrogens is 2. The summed E-state index contributed by atoms with van der Waals surface area (Å²) in [5.74, 6) is -0.228. The molecule has 1 aromatic carbocycles. The molecule has 42 heavy (non-hydrogen) atoms. The molecule has 0 N–H and O–H groups in total. The molecular formula is C31H40F3N5O3. The lowest BCUT2D eigenvalue weighted by atomic mass is 9.93. The van der Waals surface area contributed by atoms with E-state index in [-0.39, 0.29) is 42.0 Å². The van der Waals surface area contributed by atoms with Gasteiger partial charge in [-0.05, 0) is 69.7 Å². The van der Waals surface area contributed by atoms with Crippen LogP contribution in [0.4, 0.5) is 18.0 Å². The van der Waals surface area contributed by atoms with Gasteiger partial charge in [0.1, 0.15) is 6.61 Å². The number of alkyl halides is 3. The topological polar surface area (TPSA) is 70.9 Å². The summed E-state index contributed by atoms with van der Waals surface area (Å²) in [6.07, 6.45) is 4.61. The predicted octanol–water partition coefficient (Wildman–Crippen LogP) is 5.67. The van der Waals surface area contributed by atoms with Crippen LogP contribution in [0.15, 0.2) is 30.5 Å². The van der Waals surface area contributed by atoms with Gasteiger partial charge in [-0.15, -0.1) is 0 Å². The average molecular weight is 588 g/mol. The number of hydrogen-bond acceptors (Lipinski definition) is 5. The maximum Gasteiger partial charge on any atom is 0.416 e. The molecule has 3 saturated heterocycles. The summed E-state index contributed by atoms with van der Waals surface area (Å²) in [6, 6.07) is 5.78. The van der Waals surface area contributed by atoms with Crippen molar-refractivity contribution in [3.8, 4) is 0 Å². The number of carbonyl (C=O) groups excluding carboxylic acids is 2. The Morgan fingerprint density at radius 1 is 0.881 bits per heavy atom. The van der Waals surface area contributed by atoms with Gasteiger partial charge in [-0.1, -0.05) is 24.6 Å². The lowest BCUT2D eigenvalue weighted by molar-refractivity contribution is -0.138. The van der Waals surface area contributed by atoms with Crippen molar-refractivity contribution < 1.29 is 27.5 Å². The number of benzene rings is 1. The molecule has 1 aliphatic carbocycles. The first-order chi connectivity index (χ1) is 20.3. The maximum absolute atomic E-state index is 13.7. The molecule has 1 saturated carbocycles. The van der Waals surface area contributed by atoms with Gasteiger partial charge < -0.3 is 14.5 Å². The van der Waals surface area contributed by atoms with E-state index in [2.05, 4.69) is 10.00 Å². The first-order valence-corrected chi connectivity index (χ1v) is 15.5. The van der Waals surface area contributed by atoms with Gasteiger partial charge in [0.2, 0.25) is 0 Å². The van der Waals surface area contributed by atoms with E-state index in [4.69, 9.17) is 4.74 Å². The van der Waals surface area contributed by atoms with Crippen LogP contribution in [0.1, 0.15) is 96.4 Å². The zero-order chi connectivity index (χ0) is 29.3. The van der Waals surface area contributed by atoms with Gasteiger partial charge in [-0.25, -0.2) is 4.79 Å². The third-order valence-electron chi connectivity index (χ3n) is 9.36. The van der Waals surface area contributed by atoms with E-state index in [9.17, 15) is 22.8 Å². The fourth-order valence-corrected chi connectivity index (χ4v) is 6.90. The van der Waals surface area contributed by atoms with E-state index >= 15 is 0 Å². The second kappa shape index (κ2) is 12.3. The van der Waals surface area contributed by atoms with E-state index in [0.29, 0.717) is 38.2 Å². The van der Waals surface area contributed by atoms with Crippen LogP contribution in [-0.4, -0.2) is 88.9 Å². The second-order valence-electron chi connectivity index (χ2n) is 12.2. The van der Waals surface area contributed by atoms with Crippen LogP contribution in [0.2, 0.25) is 0 Å². The van der Waals surface area contributed by atoms with Crippen molar-refractivity contribution in [2.45, 2.75) is 75.4 Å². The number of halogens is 3. The highest BCUT2D eigenvalue weighted by molar-refractivity contribution is 5.95. The minimum atomic E-state index is -4.42. The molecule has 8 nitrogen and oxygen atoms in total. The van der Waals surface area contributed by atoms with Crippen molar-refractivity contribution in [3.63, 3.8) is 0 Å². The van der Waals surface area contributed by atoms with Gasteiger partial charge in [0.15, 0.2) is 0 Å². The molecule has 4 heterocycles. The third-order valence-corrected chi connectivity index (χ3v) is 9.36. The molecule has 228 valence electrons. The highest BCUT2D eigenvalue weighted by Crippen LogP contribution is 2.44. The molecule has 6 rings (SSSR count). The minimum Gasteiger partial charge on any atom is -0.448 e. The summed E-state index contributed by atoms with van der Waals surface area (Å²) >= 11 is 0. The van der Waals surface area contributed by atoms with Gasteiger partial charge in [0.05, 0.1) is 29.1 Å². The highest BCUT2D eigenvalue weighted by Gasteiger charge is 2.40. The molecule has 0 unspecified atom stereocenters. The Labute approximate surface area is 244 Å². The molecule has 2 amide bonds. The van der Waals surface area contributed by atoms with Crippen LogP contribution < -0.4 is 0 Å². The van der Waals surface area contributed by atoms with Crippen LogP contribution in [0, 0.1) is 0 Å². The monoisotopic (exact) mass is 587 g/mol. The molecule has 0 radical (unpaired) electrons. The number of piperidine rings is 2. The first-order valence-electron chi connectivity index (χ1n) is 15.5. The van der Waals surface area contributed by atoms with Crippen molar-refractivity contribution >= 4 is 12.0 Å². The number of carbonyl (C=O) groups is 2. The Bertz CT molecular complexity index is 1260. The van der Waals surface area contributed by atoms with Crippen LogP contribution >= 0.6 is 0 Å². The van der Waals surface area contributed by atoms with Crippen molar-refractivity contribution in [3.05, 3.63) is 52.8 Å².